The van der Waals surface area contributed by atoms with E-state index >= 15 is 0 Å². The van der Waals surface area contributed by atoms with Crippen LogP contribution in [0.4, 0.5) is 17.1 Å². The third-order valence-electron chi connectivity index (χ3n) is 5.90. The molecule has 5 rings (SSSR count). The lowest BCUT2D eigenvalue weighted by Gasteiger charge is -2.34. The van der Waals surface area contributed by atoms with Gasteiger partial charge >= 0.3 is 7.79 Å². The summed E-state index contributed by atoms with van der Waals surface area (Å²) in [5.41, 5.74) is 1.44. The Morgan fingerprint density at radius 3 is 1.55 bits per heavy atom. The van der Waals surface area contributed by atoms with Gasteiger partial charge in [0.1, 0.15) is 0 Å². The minimum Gasteiger partial charge on any atom is -0.274 e. The van der Waals surface area contributed by atoms with Crippen LogP contribution in [-0.2, 0) is 9.59 Å². The van der Waals surface area contributed by atoms with Crippen molar-refractivity contribution < 1.29 is 14.5 Å². The lowest BCUT2D eigenvalue weighted by Crippen LogP contribution is -2.39. The molecule has 0 aromatic heterocycles. The van der Waals surface area contributed by atoms with Gasteiger partial charge in [-0.05, 0) is 36.4 Å². The summed E-state index contributed by atoms with van der Waals surface area (Å²) in [6.07, 6.45) is -0.00925. The average Bonchev–Trinajstić information content (AvgIpc) is 3.32. The van der Waals surface area contributed by atoms with Gasteiger partial charge in [0.15, 0.2) is 0 Å². The van der Waals surface area contributed by atoms with E-state index in [0.29, 0.717) is 18.8 Å². The molecule has 156 valence electrons. The van der Waals surface area contributed by atoms with E-state index in [1.807, 2.05) is 76.1 Å². The van der Waals surface area contributed by atoms with E-state index < -0.39 is 13.4 Å². The number of nitrogens with zero attached hydrogens (tertiary/aromatic N) is 3. The van der Waals surface area contributed by atoms with Gasteiger partial charge in [-0.1, -0.05) is 54.6 Å². The molecule has 0 spiro atoms. The first-order valence-corrected chi connectivity index (χ1v) is 12.0. The first kappa shape index (κ1) is 19.7. The second-order valence-corrected chi connectivity index (χ2v) is 10.5. The van der Waals surface area contributed by atoms with Crippen molar-refractivity contribution in [2.24, 2.45) is 0 Å². The van der Waals surface area contributed by atoms with Crippen molar-refractivity contribution in [3.05, 3.63) is 91.0 Å². The second kappa shape index (κ2) is 7.80. The highest BCUT2D eigenvalue weighted by molar-refractivity contribution is 7.75. The Kier molecular flexibility index (Phi) is 4.97. The highest BCUT2D eigenvalue weighted by Crippen LogP contribution is 2.71. The molecule has 1 unspecified atom stereocenters. The van der Waals surface area contributed by atoms with Gasteiger partial charge in [0.05, 0.1) is 36.6 Å². The third-order valence-corrected chi connectivity index (χ3v) is 9.42. The van der Waals surface area contributed by atoms with E-state index in [2.05, 4.69) is 0 Å². The van der Waals surface area contributed by atoms with Crippen molar-refractivity contribution >= 4 is 36.7 Å². The Balaban J connectivity index is 1.59. The minimum atomic E-state index is -3.23. The zero-order valence-electron chi connectivity index (χ0n) is 16.9. The molecule has 2 heterocycles. The molecule has 7 heteroatoms. The van der Waals surface area contributed by atoms with Gasteiger partial charge in [0.25, 0.3) is 5.91 Å². The van der Waals surface area contributed by atoms with Crippen molar-refractivity contribution in [3.8, 4) is 0 Å². The first-order valence-electron chi connectivity index (χ1n) is 10.3. The van der Waals surface area contributed by atoms with Gasteiger partial charge in [0, 0.05) is 0 Å². The highest BCUT2D eigenvalue weighted by atomic mass is 31.2. The molecule has 0 radical (unpaired) electrons. The van der Waals surface area contributed by atoms with Crippen LogP contribution in [0, 0.1) is 0 Å². The quantitative estimate of drug-likeness (QED) is 0.497. The molecule has 1 N–H and O–H groups in total. The lowest BCUT2D eigenvalue weighted by atomic mass is 10.3. The van der Waals surface area contributed by atoms with Crippen LogP contribution in [0.3, 0.4) is 0 Å². The van der Waals surface area contributed by atoms with Crippen LogP contribution in [0.15, 0.2) is 91.0 Å². The molecule has 2 aliphatic heterocycles. The number of carbonyl (C=O) groups excluding carboxylic acids is 2. The SMILES string of the molecule is O=C1CC([P+]2(O)N(c3ccccc3)CCN2c2ccccc2)C(=O)N1c1ccccc1. The predicted octanol–water partition coefficient (Wildman–Crippen LogP) is 4.10. The first-order chi connectivity index (χ1) is 15.1. The molecule has 2 aliphatic rings. The predicted molar refractivity (Wildman–Crippen MR) is 124 cm³/mol. The van der Waals surface area contributed by atoms with Crippen molar-refractivity contribution in [1.82, 2.24) is 0 Å². The van der Waals surface area contributed by atoms with Gasteiger partial charge in [-0.15, -0.1) is 0 Å². The largest absolute Gasteiger partial charge is 0.344 e. The minimum absolute atomic E-state index is 0.00925. The van der Waals surface area contributed by atoms with E-state index in [1.165, 1.54) is 4.90 Å². The summed E-state index contributed by atoms with van der Waals surface area (Å²) in [7, 11) is -3.23. The molecule has 2 saturated heterocycles. The number of amides is 2. The van der Waals surface area contributed by atoms with E-state index in [4.69, 9.17) is 0 Å². The van der Waals surface area contributed by atoms with Crippen molar-refractivity contribution in [1.29, 1.82) is 0 Å². The third kappa shape index (κ3) is 3.19. The van der Waals surface area contributed by atoms with Crippen LogP contribution >= 0.6 is 7.79 Å². The number of anilines is 3. The normalized spacial score (nSPS) is 20.5. The molecule has 2 fully saturated rings. The number of hydrogen-bond donors (Lipinski definition) is 1. The van der Waals surface area contributed by atoms with Crippen molar-refractivity contribution in [2.75, 3.05) is 27.3 Å². The fourth-order valence-corrected chi connectivity index (χ4v) is 7.94. The fourth-order valence-electron chi connectivity index (χ4n) is 4.48. The zero-order chi connectivity index (χ0) is 21.4. The summed E-state index contributed by atoms with van der Waals surface area (Å²) >= 11 is 0. The summed E-state index contributed by atoms with van der Waals surface area (Å²) in [4.78, 5) is 40.1. The summed E-state index contributed by atoms with van der Waals surface area (Å²) in [6, 6.07) is 28.2. The zero-order valence-corrected chi connectivity index (χ0v) is 17.8. The van der Waals surface area contributed by atoms with Crippen LogP contribution in [0.25, 0.3) is 0 Å². The van der Waals surface area contributed by atoms with E-state index in [-0.39, 0.29) is 18.2 Å². The van der Waals surface area contributed by atoms with Gasteiger partial charge < -0.3 is 0 Å². The summed E-state index contributed by atoms with van der Waals surface area (Å²) in [5.74, 6) is -0.613. The molecule has 6 nitrogen and oxygen atoms in total. The van der Waals surface area contributed by atoms with Gasteiger partial charge in [0.2, 0.25) is 11.6 Å². The van der Waals surface area contributed by atoms with Crippen LogP contribution in [-0.4, -0.2) is 35.5 Å². The van der Waals surface area contributed by atoms with Crippen molar-refractivity contribution in [2.45, 2.75) is 12.1 Å². The molecule has 0 bridgehead atoms. The van der Waals surface area contributed by atoms with Gasteiger partial charge in [-0.25, -0.2) is 19.1 Å². The molecule has 2 amide bonds. The fraction of sp³-hybridized carbons (Fsp3) is 0.167. The maximum atomic E-state index is 13.6. The maximum Gasteiger partial charge on any atom is 0.344 e. The number of benzene rings is 3. The summed E-state index contributed by atoms with van der Waals surface area (Å²) in [5, 5.41) is 0. The summed E-state index contributed by atoms with van der Waals surface area (Å²) < 4.78 is 3.90. The number of hydrogen-bond acceptors (Lipinski definition) is 5. The van der Waals surface area contributed by atoms with E-state index in [1.54, 1.807) is 24.3 Å². The van der Waals surface area contributed by atoms with Crippen LogP contribution in [0.2, 0.25) is 0 Å². The Morgan fingerprint density at radius 2 is 1.10 bits per heavy atom. The Hall–Kier alpha value is -3.21. The van der Waals surface area contributed by atoms with Crippen LogP contribution < -0.4 is 14.2 Å². The number of para-hydroxylation sites is 3. The molecular formula is C24H23N3O3P+. The maximum absolute atomic E-state index is 13.6. The van der Waals surface area contributed by atoms with Crippen LogP contribution in [0.1, 0.15) is 6.42 Å². The second-order valence-electron chi connectivity index (χ2n) is 7.65. The van der Waals surface area contributed by atoms with E-state index in [9.17, 15) is 14.5 Å². The standard InChI is InChI=1S/C24H23N3O3P/c28-23-18-22(24(29)27(23)21-14-8-3-9-15-21)31(30)25(19-10-4-1-5-11-19)16-17-26(31)20-12-6-2-7-13-20/h1-15,22,30H,16-18H2/q+1. The molecule has 0 aliphatic carbocycles. The lowest BCUT2D eigenvalue weighted by molar-refractivity contribution is -0.121. The summed E-state index contributed by atoms with van der Waals surface area (Å²) in [6.45, 7) is 1.15. The van der Waals surface area contributed by atoms with Crippen molar-refractivity contribution in [3.63, 3.8) is 0 Å². The topological polar surface area (TPSA) is 64.1 Å². The Bertz CT molecular complexity index is 1050. The molecule has 3 aromatic carbocycles. The Labute approximate surface area is 181 Å². The molecule has 3 aromatic rings. The highest BCUT2D eigenvalue weighted by Gasteiger charge is 2.68. The van der Waals surface area contributed by atoms with Crippen LogP contribution in [0.5, 0.6) is 0 Å². The molecule has 1 atom stereocenters. The number of imide groups is 1. The van der Waals surface area contributed by atoms with Gasteiger partial charge in [-0.3, -0.25) is 9.59 Å². The monoisotopic (exact) mass is 432 g/mol. The number of carbonyl (C=O) groups is 2. The Morgan fingerprint density at radius 1 is 0.677 bits per heavy atom. The van der Waals surface area contributed by atoms with E-state index in [0.717, 1.165) is 11.4 Å². The molecular weight excluding hydrogens is 409 g/mol. The smallest absolute Gasteiger partial charge is 0.274 e. The molecule has 0 saturated carbocycles. The van der Waals surface area contributed by atoms with Gasteiger partial charge in [-0.2, -0.15) is 0 Å². The average molecular weight is 432 g/mol. The number of rotatable bonds is 4. The molecule has 31 heavy (non-hydrogen) atoms.